The third-order valence-corrected chi connectivity index (χ3v) is 2.61. The SMILES string of the molecule is C=CCCOCCNC(C)C(=O)N(CC)CC. The minimum absolute atomic E-state index is 0.141. The summed E-state index contributed by atoms with van der Waals surface area (Å²) >= 11 is 0. The zero-order valence-electron chi connectivity index (χ0n) is 11.4. The number of rotatable bonds is 10. The number of nitrogens with zero attached hydrogens (tertiary/aromatic N) is 1. The molecule has 0 radical (unpaired) electrons. The van der Waals surface area contributed by atoms with Crippen LogP contribution in [0.15, 0.2) is 12.7 Å². The number of hydrogen-bond donors (Lipinski definition) is 1. The predicted molar refractivity (Wildman–Crippen MR) is 71.0 cm³/mol. The molecule has 0 spiro atoms. The Bertz CT molecular complexity index is 215. The first kappa shape index (κ1) is 16.1. The minimum atomic E-state index is -0.141. The van der Waals surface area contributed by atoms with Gasteiger partial charge in [-0.2, -0.15) is 0 Å². The molecule has 0 saturated heterocycles. The summed E-state index contributed by atoms with van der Waals surface area (Å²) in [6.07, 6.45) is 2.70. The highest BCUT2D eigenvalue weighted by Crippen LogP contribution is 1.94. The fourth-order valence-corrected chi connectivity index (χ4v) is 1.51. The van der Waals surface area contributed by atoms with E-state index in [1.54, 1.807) is 0 Å². The molecule has 17 heavy (non-hydrogen) atoms. The monoisotopic (exact) mass is 242 g/mol. The Morgan fingerprint density at radius 3 is 2.59 bits per heavy atom. The number of carbonyl (C=O) groups is 1. The van der Waals surface area contributed by atoms with Crippen LogP contribution in [0, 0.1) is 0 Å². The molecule has 0 aromatic carbocycles. The summed E-state index contributed by atoms with van der Waals surface area (Å²) in [7, 11) is 0. The topological polar surface area (TPSA) is 41.6 Å². The quantitative estimate of drug-likeness (QED) is 0.465. The van der Waals surface area contributed by atoms with Gasteiger partial charge in [-0.1, -0.05) is 6.08 Å². The molecule has 0 aromatic rings. The maximum Gasteiger partial charge on any atom is 0.239 e. The summed E-state index contributed by atoms with van der Waals surface area (Å²) in [6.45, 7) is 13.0. The second kappa shape index (κ2) is 10.3. The van der Waals surface area contributed by atoms with E-state index in [0.717, 1.165) is 19.5 Å². The second-order valence-corrected chi connectivity index (χ2v) is 3.88. The molecule has 1 atom stereocenters. The number of hydrogen-bond acceptors (Lipinski definition) is 3. The fourth-order valence-electron chi connectivity index (χ4n) is 1.51. The van der Waals surface area contributed by atoms with E-state index in [-0.39, 0.29) is 11.9 Å². The minimum Gasteiger partial charge on any atom is -0.380 e. The van der Waals surface area contributed by atoms with Gasteiger partial charge in [0.1, 0.15) is 0 Å². The average Bonchev–Trinajstić information content (AvgIpc) is 2.34. The molecule has 1 amide bonds. The van der Waals surface area contributed by atoms with Gasteiger partial charge < -0.3 is 15.0 Å². The number of amides is 1. The number of likely N-dealkylation sites (N-methyl/N-ethyl adjacent to an activating group) is 1. The number of nitrogens with one attached hydrogen (secondary N) is 1. The van der Waals surface area contributed by atoms with Crippen LogP contribution >= 0.6 is 0 Å². The molecular formula is C13H26N2O2. The number of ether oxygens (including phenoxy) is 1. The lowest BCUT2D eigenvalue weighted by atomic mass is 10.3. The first-order chi connectivity index (χ1) is 8.17. The first-order valence-corrected chi connectivity index (χ1v) is 6.38. The van der Waals surface area contributed by atoms with Gasteiger partial charge in [0, 0.05) is 19.6 Å². The van der Waals surface area contributed by atoms with Gasteiger partial charge >= 0.3 is 0 Å². The summed E-state index contributed by atoms with van der Waals surface area (Å²) in [6, 6.07) is -0.141. The van der Waals surface area contributed by atoms with Crippen molar-refractivity contribution in [3.05, 3.63) is 12.7 Å². The van der Waals surface area contributed by atoms with Crippen molar-refractivity contribution < 1.29 is 9.53 Å². The maximum absolute atomic E-state index is 11.9. The lowest BCUT2D eigenvalue weighted by Crippen LogP contribution is -2.45. The van der Waals surface area contributed by atoms with E-state index >= 15 is 0 Å². The van der Waals surface area contributed by atoms with E-state index in [4.69, 9.17) is 4.74 Å². The molecule has 0 fully saturated rings. The van der Waals surface area contributed by atoms with Crippen LogP contribution in [0.25, 0.3) is 0 Å². The summed E-state index contributed by atoms with van der Waals surface area (Å²) < 4.78 is 5.36. The Morgan fingerprint density at radius 2 is 2.06 bits per heavy atom. The highest BCUT2D eigenvalue weighted by Gasteiger charge is 2.16. The highest BCUT2D eigenvalue weighted by molar-refractivity contribution is 5.81. The van der Waals surface area contributed by atoms with Gasteiger partial charge in [-0.25, -0.2) is 0 Å². The molecule has 0 rings (SSSR count). The van der Waals surface area contributed by atoms with Crippen molar-refractivity contribution in [2.24, 2.45) is 0 Å². The summed E-state index contributed by atoms with van der Waals surface area (Å²) in [5, 5.41) is 3.17. The van der Waals surface area contributed by atoms with Crippen LogP contribution < -0.4 is 5.32 Å². The van der Waals surface area contributed by atoms with Crippen molar-refractivity contribution in [3.8, 4) is 0 Å². The normalized spacial score (nSPS) is 12.2. The Hall–Kier alpha value is -0.870. The zero-order valence-corrected chi connectivity index (χ0v) is 11.4. The molecule has 4 heteroatoms. The van der Waals surface area contributed by atoms with Gasteiger partial charge in [-0.15, -0.1) is 6.58 Å². The predicted octanol–water partition coefficient (Wildman–Crippen LogP) is 1.43. The molecule has 0 heterocycles. The molecule has 1 N–H and O–H groups in total. The molecule has 0 bridgehead atoms. The smallest absolute Gasteiger partial charge is 0.239 e. The summed E-state index contributed by atoms with van der Waals surface area (Å²) in [5.41, 5.74) is 0. The third-order valence-electron chi connectivity index (χ3n) is 2.61. The largest absolute Gasteiger partial charge is 0.380 e. The zero-order chi connectivity index (χ0) is 13.1. The summed E-state index contributed by atoms with van der Waals surface area (Å²) in [4.78, 5) is 13.7. The molecule has 0 saturated carbocycles. The molecule has 0 aromatic heterocycles. The van der Waals surface area contributed by atoms with Crippen LogP contribution in [0.3, 0.4) is 0 Å². The van der Waals surface area contributed by atoms with Crippen LogP contribution in [0.1, 0.15) is 27.2 Å². The molecule has 100 valence electrons. The van der Waals surface area contributed by atoms with Crippen molar-refractivity contribution in [2.45, 2.75) is 33.2 Å². The molecule has 0 aliphatic rings. The van der Waals surface area contributed by atoms with Gasteiger partial charge in [-0.05, 0) is 27.2 Å². The maximum atomic E-state index is 11.9. The molecule has 0 aliphatic carbocycles. The average molecular weight is 242 g/mol. The van der Waals surface area contributed by atoms with Gasteiger partial charge in [0.15, 0.2) is 0 Å². The van der Waals surface area contributed by atoms with Gasteiger partial charge in [0.25, 0.3) is 0 Å². The van der Waals surface area contributed by atoms with Crippen molar-refractivity contribution in [1.29, 1.82) is 0 Å². The van der Waals surface area contributed by atoms with Gasteiger partial charge in [-0.3, -0.25) is 4.79 Å². The van der Waals surface area contributed by atoms with Crippen LogP contribution in [-0.2, 0) is 9.53 Å². The second-order valence-electron chi connectivity index (χ2n) is 3.88. The van der Waals surface area contributed by atoms with Crippen molar-refractivity contribution >= 4 is 5.91 Å². The van der Waals surface area contributed by atoms with E-state index in [2.05, 4.69) is 11.9 Å². The van der Waals surface area contributed by atoms with E-state index in [1.165, 1.54) is 0 Å². The fraction of sp³-hybridized carbons (Fsp3) is 0.769. The Morgan fingerprint density at radius 1 is 1.41 bits per heavy atom. The Labute approximate surface area is 105 Å². The molecule has 0 aliphatic heterocycles. The lowest BCUT2D eigenvalue weighted by Gasteiger charge is -2.23. The number of carbonyl (C=O) groups excluding carboxylic acids is 1. The van der Waals surface area contributed by atoms with Crippen molar-refractivity contribution in [3.63, 3.8) is 0 Å². The third kappa shape index (κ3) is 7.13. The van der Waals surface area contributed by atoms with Gasteiger partial charge in [0.2, 0.25) is 5.91 Å². The van der Waals surface area contributed by atoms with E-state index < -0.39 is 0 Å². The standard InChI is InChI=1S/C13H26N2O2/c1-5-8-10-17-11-9-14-12(4)13(16)15(6-2)7-3/h5,12,14H,1,6-11H2,2-4H3. The van der Waals surface area contributed by atoms with Gasteiger partial charge in [0.05, 0.1) is 19.3 Å². The van der Waals surface area contributed by atoms with E-state index in [0.29, 0.717) is 19.8 Å². The molecular weight excluding hydrogens is 216 g/mol. The lowest BCUT2D eigenvalue weighted by molar-refractivity contribution is -0.132. The summed E-state index contributed by atoms with van der Waals surface area (Å²) in [5.74, 6) is 0.154. The molecule has 4 nitrogen and oxygen atoms in total. The Kier molecular flexibility index (Phi) is 9.77. The van der Waals surface area contributed by atoms with Crippen LogP contribution in [0.5, 0.6) is 0 Å². The first-order valence-electron chi connectivity index (χ1n) is 6.38. The molecule has 1 unspecified atom stereocenters. The van der Waals surface area contributed by atoms with Crippen LogP contribution in [-0.4, -0.2) is 49.7 Å². The van der Waals surface area contributed by atoms with E-state index in [9.17, 15) is 4.79 Å². The van der Waals surface area contributed by atoms with Crippen molar-refractivity contribution in [2.75, 3.05) is 32.8 Å². The highest BCUT2D eigenvalue weighted by atomic mass is 16.5. The van der Waals surface area contributed by atoms with Crippen molar-refractivity contribution in [1.82, 2.24) is 10.2 Å². The Balaban J connectivity index is 3.66. The van der Waals surface area contributed by atoms with E-state index in [1.807, 2.05) is 31.7 Å². The van der Waals surface area contributed by atoms with Crippen LogP contribution in [0.2, 0.25) is 0 Å². The van der Waals surface area contributed by atoms with Crippen LogP contribution in [0.4, 0.5) is 0 Å².